The van der Waals surface area contributed by atoms with Crippen LogP contribution in [-0.2, 0) is 6.61 Å². The number of alkyl halides is 3. The summed E-state index contributed by atoms with van der Waals surface area (Å²) in [5.74, 6) is -0.527. The highest BCUT2D eigenvalue weighted by Gasteiger charge is 2.31. The number of hydrogen-bond donors (Lipinski definition) is 1. The number of anilines is 1. The zero-order valence-electron chi connectivity index (χ0n) is 14.3. The first-order valence-corrected chi connectivity index (χ1v) is 8.04. The van der Waals surface area contributed by atoms with Gasteiger partial charge in [0.2, 0.25) is 5.88 Å². The van der Waals surface area contributed by atoms with E-state index >= 15 is 0 Å². The van der Waals surface area contributed by atoms with E-state index in [0.717, 1.165) is 17.7 Å². The van der Waals surface area contributed by atoms with E-state index in [1.807, 2.05) is 6.07 Å². The highest BCUT2D eigenvalue weighted by Crippen LogP contribution is 2.23. The number of ether oxygens (including phenoxy) is 2. The molecule has 0 aliphatic carbocycles. The smallest absolute Gasteiger partial charge is 0.473 e. The van der Waals surface area contributed by atoms with E-state index in [1.54, 1.807) is 30.6 Å². The van der Waals surface area contributed by atoms with Gasteiger partial charge in [0.05, 0.1) is 11.9 Å². The van der Waals surface area contributed by atoms with Gasteiger partial charge in [-0.2, -0.15) is 0 Å². The van der Waals surface area contributed by atoms with Crippen molar-refractivity contribution < 1.29 is 27.4 Å². The lowest BCUT2D eigenvalue weighted by molar-refractivity contribution is -0.274. The third-order valence-corrected chi connectivity index (χ3v) is 3.45. The average molecular weight is 389 g/mol. The molecule has 2 heterocycles. The standard InChI is InChI=1S/C19H14F3N3O3/c20-19(21,22)28-16-6-3-14(4-7-16)18(26)25-15-5-8-17(24-11-15)27-12-13-2-1-9-23-10-13/h1-11H,12H2,(H,25,26). The van der Waals surface area contributed by atoms with Crippen molar-refractivity contribution >= 4 is 11.6 Å². The largest absolute Gasteiger partial charge is 0.573 e. The second-order valence-corrected chi connectivity index (χ2v) is 5.56. The van der Waals surface area contributed by atoms with Crippen LogP contribution < -0.4 is 14.8 Å². The molecule has 28 heavy (non-hydrogen) atoms. The summed E-state index contributed by atoms with van der Waals surface area (Å²) >= 11 is 0. The fourth-order valence-corrected chi connectivity index (χ4v) is 2.19. The number of hydrogen-bond acceptors (Lipinski definition) is 5. The van der Waals surface area contributed by atoms with E-state index in [0.29, 0.717) is 18.2 Å². The number of carbonyl (C=O) groups excluding carboxylic acids is 1. The SMILES string of the molecule is O=C(Nc1ccc(OCc2cccnc2)nc1)c1ccc(OC(F)(F)F)cc1. The molecule has 144 valence electrons. The number of amides is 1. The van der Waals surface area contributed by atoms with Crippen molar-refractivity contribution in [1.29, 1.82) is 0 Å². The van der Waals surface area contributed by atoms with E-state index in [1.165, 1.54) is 18.3 Å². The van der Waals surface area contributed by atoms with E-state index in [9.17, 15) is 18.0 Å². The van der Waals surface area contributed by atoms with E-state index in [-0.39, 0.29) is 5.56 Å². The minimum absolute atomic E-state index is 0.173. The number of rotatable bonds is 6. The van der Waals surface area contributed by atoms with Crippen LogP contribution in [0.5, 0.6) is 11.6 Å². The monoisotopic (exact) mass is 389 g/mol. The predicted octanol–water partition coefficient (Wildman–Crippen LogP) is 4.21. The maximum Gasteiger partial charge on any atom is 0.573 e. The van der Waals surface area contributed by atoms with Gasteiger partial charge in [-0.1, -0.05) is 6.07 Å². The van der Waals surface area contributed by atoms with Crippen molar-refractivity contribution in [3.05, 3.63) is 78.2 Å². The van der Waals surface area contributed by atoms with Gasteiger partial charge < -0.3 is 14.8 Å². The van der Waals surface area contributed by atoms with Crippen LogP contribution in [0.1, 0.15) is 15.9 Å². The van der Waals surface area contributed by atoms with Crippen LogP contribution in [-0.4, -0.2) is 22.2 Å². The second kappa shape index (κ2) is 8.38. The highest BCUT2D eigenvalue weighted by atomic mass is 19.4. The lowest BCUT2D eigenvalue weighted by Crippen LogP contribution is -2.17. The van der Waals surface area contributed by atoms with Crippen molar-refractivity contribution in [2.24, 2.45) is 0 Å². The van der Waals surface area contributed by atoms with Crippen LogP contribution in [0.3, 0.4) is 0 Å². The summed E-state index contributed by atoms with van der Waals surface area (Å²) in [4.78, 5) is 20.2. The summed E-state index contributed by atoms with van der Waals surface area (Å²) < 4.78 is 45.7. The quantitative estimate of drug-likeness (QED) is 0.684. The Kier molecular flexibility index (Phi) is 5.73. The molecule has 0 saturated heterocycles. The molecule has 0 saturated carbocycles. The number of pyridine rings is 2. The molecule has 1 N–H and O–H groups in total. The summed E-state index contributed by atoms with van der Waals surface area (Å²) in [6, 6.07) is 11.5. The van der Waals surface area contributed by atoms with Gasteiger partial charge in [-0.05, 0) is 36.4 Å². The summed E-state index contributed by atoms with van der Waals surface area (Å²) in [6.07, 6.45) is -0.0242. The topological polar surface area (TPSA) is 73.3 Å². The Bertz CT molecular complexity index is 915. The molecule has 0 fully saturated rings. The molecule has 3 rings (SSSR count). The van der Waals surface area contributed by atoms with Crippen molar-refractivity contribution in [2.75, 3.05) is 5.32 Å². The number of nitrogens with one attached hydrogen (secondary N) is 1. The third kappa shape index (κ3) is 5.70. The average Bonchev–Trinajstić information content (AvgIpc) is 2.67. The summed E-state index contributed by atoms with van der Waals surface area (Å²) in [6.45, 7) is 0.304. The third-order valence-electron chi connectivity index (χ3n) is 3.45. The van der Waals surface area contributed by atoms with Crippen molar-refractivity contribution in [1.82, 2.24) is 9.97 Å². The molecule has 0 unspecified atom stereocenters. The fraction of sp³-hybridized carbons (Fsp3) is 0.105. The molecular weight excluding hydrogens is 375 g/mol. The molecule has 6 nitrogen and oxygen atoms in total. The maximum absolute atomic E-state index is 12.2. The molecular formula is C19H14F3N3O3. The summed E-state index contributed by atoms with van der Waals surface area (Å²) in [5, 5.41) is 2.60. The Morgan fingerprint density at radius 2 is 1.82 bits per heavy atom. The van der Waals surface area contributed by atoms with E-state index in [4.69, 9.17) is 4.74 Å². The molecule has 0 bridgehead atoms. The zero-order chi connectivity index (χ0) is 20.0. The molecule has 0 atom stereocenters. The van der Waals surface area contributed by atoms with Gasteiger partial charge >= 0.3 is 6.36 Å². The molecule has 3 aromatic rings. The molecule has 9 heteroatoms. The predicted molar refractivity (Wildman–Crippen MR) is 93.9 cm³/mol. The van der Waals surface area contributed by atoms with Crippen molar-refractivity contribution in [2.45, 2.75) is 13.0 Å². The van der Waals surface area contributed by atoms with Gasteiger partial charge in [0, 0.05) is 29.6 Å². The van der Waals surface area contributed by atoms with Crippen LogP contribution in [0, 0.1) is 0 Å². The van der Waals surface area contributed by atoms with Crippen LogP contribution in [0.15, 0.2) is 67.1 Å². The van der Waals surface area contributed by atoms with E-state index in [2.05, 4.69) is 20.0 Å². The van der Waals surface area contributed by atoms with Crippen molar-refractivity contribution in [3.8, 4) is 11.6 Å². The first kappa shape index (κ1) is 19.2. The van der Waals surface area contributed by atoms with Gasteiger partial charge in [0.15, 0.2) is 0 Å². The van der Waals surface area contributed by atoms with Gasteiger partial charge in [0.25, 0.3) is 5.91 Å². The summed E-state index contributed by atoms with van der Waals surface area (Å²) in [5.41, 5.74) is 1.47. The lowest BCUT2D eigenvalue weighted by atomic mass is 10.2. The van der Waals surface area contributed by atoms with E-state index < -0.39 is 18.0 Å². The Morgan fingerprint density at radius 3 is 2.43 bits per heavy atom. The fourth-order valence-electron chi connectivity index (χ4n) is 2.19. The highest BCUT2D eigenvalue weighted by molar-refractivity contribution is 6.04. The molecule has 1 aromatic carbocycles. The first-order valence-electron chi connectivity index (χ1n) is 8.04. The van der Waals surface area contributed by atoms with Gasteiger partial charge in [-0.15, -0.1) is 13.2 Å². The Morgan fingerprint density at radius 1 is 1.04 bits per heavy atom. The molecule has 0 aliphatic heterocycles. The minimum Gasteiger partial charge on any atom is -0.473 e. The normalized spacial score (nSPS) is 11.0. The zero-order valence-corrected chi connectivity index (χ0v) is 14.3. The van der Waals surface area contributed by atoms with Crippen molar-refractivity contribution in [3.63, 3.8) is 0 Å². The number of carbonyl (C=O) groups is 1. The second-order valence-electron chi connectivity index (χ2n) is 5.56. The minimum atomic E-state index is -4.78. The number of benzene rings is 1. The van der Waals surface area contributed by atoms with Crippen LogP contribution in [0.2, 0.25) is 0 Å². The van der Waals surface area contributed by atoms with Gasteiger partial charge in [0.1, 0.15) is 12.4 Å². The molecule has 0 radical (unpaired) electrons. The lowest BCUT2D eigenvalue weighted by Gasteiger charge is -2.10. The number of halogens is 3. The molecule has 2 aromatic heterocycles. The van der Waals surface area contributed by atoms with Gasteiger partial charge in [-0.3, -0.25) is 9.78 Å². The Labute approximate surface area is 158 Å². The number of aromatic nitrogens is 2. The molecule has 1 amide bonds. The maximum atomic E-state index is 12.2. The number of nitrogens with zero attached hydrogens (tertiary/aromatic N) is 2. The van der Waals surface area contributed by atoms with Crippen LogP contribution >= 0.6 is 0 Å². The van der Waals surface area contributed by atoms with Crippen LogP contribution in [0.25, 0.3) is 0 Å². The molecule has 0 aliphatic rings. The van der Waals surface area contributed by atoms with Gasteiger partial charge in [-0.25, -0.2) is 4.98 Å². The Hall–Kier alpha value is -3.62. The molecule has 0 spiro atoms. The van der Waals surface area contributed by atoms with Crippen LogP contribution in [0.4, 0.5) is 18.9 Å². The Balaban J connectivity index is 1.55. The summed E-state index contributed by atoms with van der Waals surface area (Å²) in [7, 11) is 0. The first-order chi connectivity index (χ1) is 13.4.